The number of methoxy groups -OCH3 is 1. The maximum atomic E-state index is 5.39. The molecule has 0 saturated heterocycles. The van der Waals surface area contributed by atoms with E-state index in [-0.39, 0.29) is 0 Å². The first-order valence-corrected chi connectivity index (χ1v) is 9.89. The average molecular weight is 384 g/mol. The zero-order valence-electron chi connectivity index (χ0n) is 17.7. The maximum absolute atomic E-state index is 5.39. The van der Waals surface area contributed by atoms with Crippen molar-refractivity contribution >= 4 is 11.8 Å². The summed E-state index contributed by atoms with van der Waals surface area (Å²) in [6.07, 6.45) is 2.82. The number of benzene rings is 1. The number of guanidine groups is 1. The number of ether oxygens (including phenoxy) is 1. The summed E-state index contributed by atoms with van der Waals surface area (Å²) < 4.78 is 5.39. The fourth-order valence-electron chi connectivity index (χ4n) is 3.01. The summed E-state index contributed by atoms with van der Waals surface area (Å²) in [4.78, 5) is 11.1. The number of hydrogen-bond donors (Lipinski definition) is 2. The van der Waals surface area contributed by atoms with Crippen molar-refractivity contribution in [1.82, 2.24) is 15.6 Å². The molecule has 0 radical (unpaired) electrons. The van der Waals surface area contributed by atoms with Gasteiger partial charge in [-0.15, -0.1) is 0 Å². The quantitative estimate of drug-likeness (QED) is 0.514. The standard InChI is InChI=1S/C22H33N5O/c1-6-27(7-2)21-11-10-19(15-25-21)16-26-22(23-4)24-13-12-18-9-8-17(3)20(14-18)28-5/h8-11,14-15H,6-7,12-13,16H2,1-5H3,(H2,23,24,26). The van der Waals surface area contributed by atoms with Crippen molar-refractivity contribution in [2.45, 2.75) is 33.7 Å². The van der Waals surface area contributed by atoms with E-state index in [4.69, 9.17) is 4.74 Å². The molecule has 1 heterocycles. The Morgan fingerprint density at radius 2 is 1.86 bits per heavy atom. The van der Waals surface area contributed by atoms with Gasteiger partial charge in [0.1, 0.15) is 11.6 Å². The molecule has 2 rings (SSSR count). The predicted octanol–water partition coefficient (Wildman–Crippen LogP) is 3.15. The van der Waals surface area contributed by atoms with Gasteiger partial charge in [0, 0.05) is 39.4 Å². The molecule has 0 aliphatic rings. The lowest BCUT2D eigenvalue weighted by Crippen LogP contribution is -2.37. The van der Waals surface area contributed by atoms with Crippen LogP contribution in [0.15, 0.2) is 41.5 Å². The average Bonchev–Trinajstić information content (AvgIpc) is 2.73. The topological polar surface area (TPSA) is 61.8 Å². The highest BCUT2D eigenvalue weighted by Gasteiger charge is 2.04. The summed E-state index contributed by atoms with van der Waals surface area (Å²) in [6, 6.07) is 10.5. The van der Waals surface area contributed by atoms with Gasteiger partial charge in [0.15, 0.2) is 5.96 Å². The Kier molecular flexibility index (Phi) is 8.59. The molecule has 0 atom stereocenters. The number of nitrogens with one attached hydrogen (secondary N) is 2. The number of hydrogen-bond acceptors (Lipinski definition) is 4. The van der Waals surface area contributed by atoms with Crippen LogP contribution in [0.25, 0.3) is 0 Å². The second kappa shape index (κ2) is 11.2. The second-order valence-electron chi connectivity index (χ2n) is 6.60. The Morgan fingerprint density at radius 3 is 2.46 bits per heavy atom. The lowest BCUT2D eigenvalue weighted by molar-refractivity contribution is 0.411. The number of aliphatic imine (C=N–C) groups is 1. The largest absolute Gasteiger partial charge is 0.496 e. The van der Waals surface area contributed by atoms with Crippen LogP contribution in [0.5, 0.6) is 5.75 Å². The van der Waals surface area contributed by atoms with Gasteiger partial charge in [-0.1, -0.05) is 18.2 Å². The minimum atomic E-state index is 0.684. The van der Waals surface area contributed by atoms with Gasteiger partial charge in [0.2, 0.25) is 0 Å². The Morgan fingerprint density at radius 1 is 1.11 bits per heavy atom. The lowest BCUT2D eigenvalue weighted by Gasteiger charge is -2.19. The molecule has 0 aliphatic carbocycles. The van der Waals surface area contributed by atoms with Gasteiger partial charge in [-0.25, -0.2) is 4.98 Å². The Labute approximate surface area is 169 Å². The molecule has 1 aromatic carbocycles. The van der Waals surface area contributed by atoms with E-state index >= 15 is 0 Å². The molecule has 0 amide bonds. The summed E-state index contributed by atoms with van der Waals surface area (Å²) in [5.41, 5.74) is 3.51. The molecule has 0 bridgehead atoms. The molecule has 0 spiro atoms. The molecule has 6 heteroatoms. The molecule has 0 fully saturated rings. The zero-order chi connectivity index (χ0) is 20.4. The first-order valence-electron chi connectivity index (χ1n) is 9.89. The van der Waals surface area contributed by atoms with Gasteiger partial charge < -0.3 is 20.3 Å². The van der Waals surface area contributed by atoms with E-state index in [0.29, 0.717) is 6.54 Å². The highest BCUT2D eigenvalue weighted by molar-refractivity contribution is 5.79. The number of aryl methyl sites for hydroxylation is 1. The molecule has 0 saturated carbocycles. The Hall–Kier alpha value is -2.76. The minimum Gasteiger partial charge on any atom is -0.496 e. The van der Waals surface area contributed by atoms with E-state index in [1.54, 1.807) is 14.2 Å². The zero-order valence-corrected chi connectivity index (χ0v) is 17.7. The van der Waals surface area contributed by atoms with Gasteiger partial charge in [0.25, 0.3) is 0 Å². The summed E-state index contributed by atoms with van der Waals surface area (Å²) in [7, 11) is 3.49. The Balaban J connectivity index is 1.81. The first kappa shape index (κ1) is 21.5. The normalized spacial score (nSPS) is 11.2. The minimum absolute atomic E-state index is 0.684. The molecular formula is C22H33N5O. The third kappa shape index (κ3) is 6.15. The van der Waals surface area contributed by atoms with Crippen LogP contribution in [-0.2, 0) is 13.0 Å². The third-order valence-electron chi connectivity index (χ3n) is 4.76. The number of anilines is 1. The monoisotopic (exact) mass is 383 g/mol. The van der Waals surface area contributed by atoms with E-state index in [1.165, 1.54) is 5.56 Å². The molecule has 2 aromatic rings. The fourth-order valence-corrected chi connectivity index (χ4v) is 3.01. The number of pyridine rings is 1. The third-order valence-corrected chi connectivity index (χ3v) is 4.76. The molecular weight excluding hydrogens is 350 g/mol. The Bertz CT molecular complexity index is 754. The molecule has 1 aromatic heterocycles. The van der Waals surface area contributed by atoms with Gasteiger partial charge in [-0.3, -0.25) is 4.99 Å². The summed E-state index contributed by atoms with van der Waals surface area (Å²) in [5, 5.41) is 6.70. The van der Waals surface area contributed by atoms with Crippen molar-refractivity contribution in [3.63, 3.8) is 0 Å². The van der Waals surface area contributed by atoms with Crippen LogP contribution in [0, 0.1) is 6.92 Å². The second-order valence-corrected chi connectivity index (χ2v) is 6.60. The van der Waals surface area contributed by atoms with Crippen LogP contribution in [0.3, 0.4) is 0 Å². The molecule has 28 heavy (non-hydrogen) atoms. The van der Waals surface area contributed by atoms with Crippen molar-refractivity contribution in [1.29, 1.82) is 0 Å². The molecule has 2 N–H and O–H groups in total. The van der Waals surface area contributed by atoms with Gasteiger partial charge in [0.05, 0.1) is 7.11 Å². The van der Waals surface area contributed by atoms with Gasteiger partial charge >= 0.3 is 0 Å². The molecule has 0 unspecified atom stereocenters. The maximum Gasteiger partial charge on any atom is 0.191 e. The molecule has 6 nitrogen and oxygen atoms in total. The van der Waals surface area contributed by atoms with Crippen molar-refractivity contribution in [3.05, 3.63) is 53.2 Å². The molecule has 0 aliphatic heterocycles. The summed E-state index contributed by atoms with van der Waals surface area (Å²) in [6.45, 7) is 9.74. The van der Waals surface area contributed by atoms with Crippen LogP contribution >= 0.6 is 0 Å². The number of rotatable bonds is 9. The summed E-state index contributed by atoms with van der Waals surface area (Å²) >= 11 is 0. The lowest BCUT2D eigenvalue weighted by atomic mass is 10.1. The predicted molar refractivity (Wildman–Crippen MR) is 117 cm³/mol. The van der Waals surface area contributed by atoms with Gasteiger partial charge in [-0.2, -0.15) is 0 Å². The molecule has 152 valence electrons. The van der Waals surface area contributed by atoms with E-state index in [0.717, 1.165) is 54.7 Å². The highest BCUT2D eigenvalue weighted by atomic mass is 16.5. The smallest absolute Gasteiger partial charge is 0.191 e. The summed E-state index contributed by atoms with van der Waals surface area (Å²) in [5.74, 6) is 2.73. The van der Waals surface area contributed by atoms with E-state index in [2.05, 4.69) is 76.6 Å². The van der Waals surface area contributed by atoms with Crippen LogP contribution in [0.4, 0.5) is 5.82 Å². The van der Waals surface area contributed by atoms with Crippen LogP contribution in [-0.4, -0.2) is 44.7 Å². The van der Waals surface area contributed by atoms with Crippen molar-refractivity contribution in [2.75, 3.05) is 38.7 Å². The van der Waals surface area contributed by atoms with Gasteiger partial charge in [-0.05, 0) is 56.0 Å². The highest BCUT2D eigenvalue weighted by Crippen LogP contribution is 2.19. The van der Waals surface area contributed by atoms with Crippen LogP contribution < -0.4 is 20.3 Å². The van der Waals surface area contributed by atoms with Crippen LogP contribution in [0.2, 0.25) is 0 Å². The number of nitrogens with zero attached hydrogens (tertiary/aromatic N) is 3. The number of aromatic nitrogens is 1. The van der Waals surface area contributed by atoms with Crippen molar-refractivity contribution in [3.8, 4) is 5.75 Å². The fraction of sp³-hybridized carbons (Fsp3) is 0.455. The SMILES string of the molecule is CCN(CC)c1ccc(CNC(=NC)NCCc2ccc(C)c(OC)c2)cn1. The van der Waals surface area contributed by atoms with E-state index < -0.39 is 0 Å². The van der Waals surface area contributed by atoms with Crippen molar-refractivity contribution in [2.24, 2.45) is 4.99 Å². The first-order chi connectivity index (χ1) is 13.6. The van der Waals surface area contributed by atoms with E-state index in [1.807, 2.05) is 6.20 Å². The van der Waals surface area contributed by atoms with Crippen molar-refractivity contribution < 1.29 is 4.74 Å². The van der Waals surface area contributed by atoms with Crippen LogP contribution in [0.1, 0.15) is 30.5 Å². The van der Waals surface area contributed by atoms with E-state index in [9.17, 15) is 0 Å².